The van der Waals surface area contributed by atoms with Crippen LogP contribution in [0.25, 0.3) is 0 Å². The molecular weight excluding hydrogens is 331 g/mol. The quantitative estimate of drug-likeness (QED) is 0.359. The molecule has 17 heavy (non-hydrogen) atoms. The third kappa shape index (κ3) is 2.68. The Morgan fingerprint density at radius 2 is 1.94 bits per heavy atom. The van der Waals surface area contributed by atoms with E-state index in [2.05, 4.69) is 22.6 Å². The zero-order valence-electron chi connectivity index (χ0n) is 9.70. The van der Waals surface area contributed by atoms with Gasteiger partial charge >= 0.3 is 5.97 Å². The number of carbonyl (C=O) groups is 2. The molecule has 0 aromatic heterocycles. The lowest BCUT2D eigenvalue weighted by Gasteiger charge is -2.14. The average molecular weight is 344 g/mol. The number of benzene rings is 1. The van der Waals surface area contributed by atoms with Crippen molar-refractivity contribution < 1.29 is 14.3 Å². The van der Waals surface area contributed by atoms with Crippen LogP contribution in [0.1, 0.15) is 30.6 Å². The largest absolute Gasteiger partial charge is 0.459 e. The third-order valence-electron chi connectivity index (χ3n) is 2.80. The number of esters is 1. The Morgan fingerprint density at radius 1 is 1.35 bits per heavy atom. The van der Waals surface area contributed by atoms with Gasteiger partial charge in [-0.3, -0.25) is 9.59 Å². The van der Waals surface area contributed by atoms with Gasteiger partial charge in [-0.15, -0.1) is 0 Å². The monoisotopic (exact) mass is 344 g/mol. The molecule has 1 aliphatic rings. The van der Waals surface area contributed by atoms with Gasteiger partial charge in [0.25, 0.3) is 0 Å². The number of ether oxygens (including phenoxy) is 1. The van der Waals surface area contributed by atoms with E-state index in [0.717, 1.165) is 3.57 Å². The topological polar surface area (TPSA) is 43.4 Å². The second kappa shape index (κ2) is 4.40. The smallest absolute Gasteiger partial charge is 0.317 e. The molecule has 1 aromatic rings. The van der Waals surface area contributed by atoms with Crippen LogP contribution in [-0.2, 0) is 9.53 Å². The summed E-state index contributed by atoms with van der Waals surface area (Å²) in [5, 5.41) is 0. The molecule has 0 aliphatic carbocycles. The Kier molecular flexibility index (Phi) is 3.25. The van der Waals surface area contributed by atoms with Crippen LogP contribution in [0.2, 0.25) is 0 Å². The molecule has 0 unspecified atom stereocenters. The molecule has 1 heterocycles. The first-order chi connectivity index (χ1) is 7.89. The minimum absolute atomic E-state index is 0.142. The maximum atomic E-state index is 12.2. The van der Waals surface area contributed by atoms with Crippen LogP contribution in [0.15, 0.2) is 24.3 Å². The fourth-order valence-corrected chi connectivity index (χ4v) is 2.33. The number of rotatable bonds is 2. The van der Waals surface area contributed by atoms with Crippen LogP contribution < -0.4 is 0 Å². The fraction of sp³-hybridized carbons (Fsp3) is 0.385. The molecule has 0 bridgehead atoms. The van der Waals surface area contributed by atoms with Gasteiger partial charge in [0, 0.05) is 15.6 Å². The molecule has 0 N–H and O–H groups in total. The van der Waals surface area contributed by atoms with Crippen LogP contribution >= 0.6 is 22.6 Å². The minimum Gasteiger partial charge on any atom is -0.459 e. The molecule has 2 rings (SSSR count). The normalized spacial score (nSPS) is 22.3. The van der Waals surface area contributed by atoms with Crippen molar-refractivity contribution in [3.63, 3.8) is 0 Å². The maximum Gasteiger partial charge on any atom is 0.317 e. The maximum absolute atomic E-state index is 12.2. The predicted octanol–water partition coefficient (Wildman–Crippen LogP) is 2.82. The average Bonchev–Trinajstić information content (AvgIpc) is 2.52. The summed E-state index contributed by atoms with van der Waals surface area (Å²) in [7, 11) is 0. The van der Waals surface area contributed by atoms with Gasteiger partial charge in [-0.1, -0.05) is 12.1 Å². The van der Waals surface area contributed by atoms with Crippen molar-refractivity contribution in [2.24, 2.45) is 5.92 Å². The van der Waals surface area contributed by atoms with E-state index in [4.69, 9.17) is 4.74 Å². The van der Waals surface area contributed by atoms with Crippen LogP contribution in [0.4, 0.5) is 0 Å². The van der Waals surface area contributed by atoms with E-state index in [0.29, 0.717) is 12.0 Å². The van der Waals surface area contributed by atoms with Crippen LogP contribution in [0, 0.1) is 9.49 Å². The summed E-state index contributed by atoms with van der Waals surface area (Å²) in [5.41, 5.74) is 0.0470. The summed E-state index contributed by atoms with van der Waals surface area (Å²) < 4.78 is 6.23. The van der Waals surface area contributed by atoms with Crippen molar-refractivity contribution in [2.75, 3.05) is 0 Å². The molecule has 0 spiro atoms. The summed E-state index contributed by atoms with van der Waals surface area (Å²) in [5.74, 6) is -1.19. The number of Topliss-reactive ketones (excluding diaryl/α,β-unsaturated/α-hetero) is 1. The van der Waals surface area contributed by atoms with Crippen molar-refractivity contribution in [1.82, 2.24) is 0 Å². The lowest BCUT2D eigenvalue weighted by molar-refractivity contribution is -0.147. The van der Waals surface area contributed by atoms with Gasteiger partial charge in [-0.2, -0.15) is 0 Å². The summed E-state index contributed by atoms with van der Waals surface area (Å²) >= 11 is 2.17. The van der Waals surface area contributed by atoms with Crippen molar-refractivity contribution in [3.8, 4) is 0 Å². The van der Waals surface area contributed by atoms with Gasteiger partial charge in [0.05, 0.1) is 0 Å². The van der Waals surface area contributed by atoms with Crippen molar-refractivity contribution >= 4 is 34.3 Å². The van der Waals surface area contributed by atoms with Gasteiger partial charge in [-0.05, 0) is 48.6 Å². The lowest BCUT2D eigenvalue weighted by Crippen LogP contribution is -2.19. The van der Waals surface area contributed by atoms with E-state index in [1.54, 1.807) is 12.1 Å². The Labute approximate surface area is 114 Å². The van der Waals surface area contributed by atoms with E-state index < -0.39 is 17.5 Å². The fourth-order valence-electron chi connectivity index (χ4n) is 1.98. The van der Waals surface area contributed by atoms with Crippen molar-refractivity contribution in [2.45, 2.75) is 25.9 Å². The van der Waals surface area contributed by atoms with Crippen molar-refractivity contribution in [1.29, 1.82) is 0 Å². The number of cyclic esters (lactones) is 1. The van der Waals surface area contributed by atoms with Crippen LogP contribution in [0.3, 0.4) is 0 Å². The van der Waals surface area contributed by atoms with E-state index in [1.807, 2.05) is 26.0 Å². The highest BCUT2D eigenvalue weighted by Gasteiger charge is 2.44. The first-order valence-corrected chi connectivity index (χ1v) is 6.49. The highest BCUT2D eigenvalue weighted by molar-refractivity contribution is 14.1. The van der Waals surface area contributed by atoms with Gasteiger partial charge in [0.1, 0.15) is 11.5 Å². The highest BCUT2D eigenvalue weighted by Crippen LogP contribution is 2.32. The Balaban J connectivity index is 2.21. The second-order valence-electron chi connectivity index (χ2n) is 4.81. The first kappa shape index (κ1) is 12.5. The number of hydrogen-bond acceptors (Lipinski definition) is 3. The number of ketones is 1. The van der Waals surface area contributed by atoms with E-state index >= 15 is 0 Å². The Hall–Kier alpha value is -0.910. The molecule has 1 saturated heterocycles. The summed E-state index contributed by atoms with van der Waals surface area (Å²) in [6.07, 6.45) is 0.455. The third-order valence-corrected chi connectivity index (χ3v) is 3.52. The Morgan fingerprint density at radius 3 is 2.41 bits per heavy atom. The van der Waals surface area contributed by atoms with E-state index in [9.17, 15) is 9.59 Å². The molecule has 0 amide bonds. The first-order valence-electron chi connectivity index (χ1n) is 5.42. The molecule has 0 radical (unpaired) electrons. The van der Waals surface area contributed by atoms with Gasteiger partial charge in [0.2, 0.25) is 0 Å². The molecular formula is C13H13IO3. The zero-order chi connectivity index (χ0) is 12.6. The molecule has 1 aliphatic heterocycles. The minimum atomic E-state index is -0.648. The van der Waals surface area contributed by atoms with Gasteiger partial charge in [0.15, 0.2) is 5.78 Å². The molecule has 1 atom stereocenters. The second-order valence-corrected chi connectivity index (χ2v) is 6.05. The molecule has 1 fully saturated rings. The van der Waals surface area contributed by atoms with E-state index in [1.165, 1.54) is 0 Å². The number of hydrogen-bond donors (Lipinski definition) is 0. The lowest BCUT2D eigenvalue weighted by atomic mass is 9.91. The summed E-state index contributed by atoms with van der Waals surface area (Å²) in [4.78, 5) is 23.8. The van der Waals surface area contributed by atoms with Gasteiger partial charge < -0.3 is 4.74 Å². The molecule has 0 saturated carbocycles. The molecule has 3 nitrogen and oxygen atoms in total. The molecule has 90 valence electrons. The molecule has 1 aromatic carbocycles. The number of halogens is 1. The standard InChI is InChI=1S/C13H13IO3/c1-13(2)7-10(12(16)17-13)11(15)8-3-5-9(14)6-4-8/h3-6,10H,7H2,1-2H3/t10-/m0/s1. The highest BCUT2D eigenvalue weighted by atomic mass is 127. The van der Waals surface area contributed by atoms with Crippen molar-refractivity contribution in [3.05, 3.63) is 33.4 Å². The predicted molar refractivity (Wildman–Crippen MR) is 71.8 cm³/mol. The summed E-state index contributed by atoms with van der Waals surface area (Å²) in [6.45, 7) is 3.65. The number of carbonyl (C=O) groups excluding carboxylic acids is 2. The zero-order valence-corrected chi connectivity index (χ0v) is 11.9. The Bertz CT molecular complexity index is 462. The van der Waals surface area contributed by atoms with Gasteiger partial charge in [-0.25, -0.2) is 0 Å². The van der Waals surface area contributed by atoms with Crippen LogP contribution in [-0.4, -0.2) is 17.4 Å². The SMILES string of the molecule is CC1(C)C[C@@H](C(=O)c2ccc(I)cc2)C(=O)O1. The van der Waals surface area contributed by atoms with E-state index in [-0.39, 0.29) is 5.78 Å². The van der Waals surface area contributed by atoms with Crippen LogP contribution in [0.5, 0.6) is 0 Å². The molecule has 4 heteroatoms. The summed E-state index contributed by atoms with van der Waals surface area (Å²) in [6, 6.07) is 7.23.